The Kier molecular flexibility index (Phi) is 8.07. The molecule has 0 saturated heterocycles. The molecule has 0 aromatic carbocycles. The Morgan fingerprint density at radius 2 is 2.11 bits per heavy atom. The largest absolute Gasteiger partial charge is 0.395 e. The Labute approximate surface area is 117 Å². The number of amides is 1. The summed E-state index contributed by atoms with van der Waals surface area (Å²) >= 11 is 0. The van der Waals surface area contributed by atoms with Crippen molar-refractivity contribution < 1.29 is 9.90 Å². The molecule has 1 atom stereocenters. The molecule has 1 amide bonds. The van der Waals surface area contributed by atoms with Gasteiger partial charge in [0.1, 0.15) is 0 Å². The highest BCUT2D eigenvalue weighted by molar-refractivity contribution is 5.76. The molecule has 0 spiro atoms. The summed E-state index contributed by atoms with van der Waals surface area (Å²) in [4.78, 5) is 14.2. The molecule has 0 heterocycles. The number of aliphatic hydroxyl groups excluding tert-OH is 1. The second-order valence-electron chi connectivity index (χ2n) is 5.67. The van der Waals surface area contributed by atoms with Crippen LogP contribution in [0.1, 0.15) is 58.3 Å². The van der Waals surface area contributed by atoms with E-state index in [2.05, 4.69) is 6.92 Å². The average Bonchev–Trinajstić information content (AvgIpc) is 2.33. The summed E-state index contributed by atoms with van der Waals surface area (Å²) in [5.41, 5.74) is 5.62. The van der Waals surface area contributed by atoms with Gasteiger partial charge in [0.05, 0.1) is 6.61 Å². The molecule has 0 aromatic rings. The SMILES string of the molecule is CCCC(CCN)CCC(=O)N(CCO)C1CCC1. The topological polar surface area (TPSA) is 66.6 Å². The number of nitrogens with two attached hydrogens (primary N) is 1. The van der Waals surface area contributed by atoms with Crippen molar-refractivity contribution in [1.82, 2.24) is 4.90 Å². The third-order valence-corrected chi connectivity index (χ3v) is 4.22. The van der Waals surface area contributed by atoms with Crippen molar-refractivity contribution in [2.24, 2.45) is 11.7 Å². The molecule has 1 aliphatic carbocycles. The number of rotatable bonds is 10. The van der Waals surface area contributed by atoms with Crippen molar-refractivity contribution in [1.29, 1.82) is 0 Å². The van der Waals surface area contributed by atoms with Crippen LogP contribution >= 0.6 is 0 Å². The minimum absolute atomic E-state index is 0.0728. The van der Waals surface area contributed by atoms with Gasteiger partial charge in [-0.3, -0.25) is 4.79 Å². The van der Waals surface area contributed by atoms with Gasteiger partial charge in [-0.15, -0.1) is 0 Å². The molecular weight excluding hydrogens is 240 g/mol. The maximum Gasteiger partial charge on any atom is 0.222 e. The molecule has 3 N–H and O–H groups in total. The molecule has 0 radical (unpaired) electrons. The van der Waals surface area contributed by atoms with E-state index in [0.29, 0.717) is 31.5 Å². The monoisotopic (exact) mass is 270 g/mol. The Morgan fingerprint density at radius 1 is 1.37 bits per heavy atom. The molecular formula is C15H30N2O2. The van der Waals surface area contributed by atoms with E-state index in [1.165, 1.54) is 6.42 Å². The molecule has 1 unspecified atom stereocenters. The lowest BCUT2D eigenvalue weighted by Gasteiger charge is -2.37. The van der Waals surface area contributed by atoms with Gasteiger partial charge in [0.15, 0.2) is 0 Å². The third kappa shape index (κ3) is 5.49. The first-order valence-corrected chi connectivity index (χ1v) is 7.83. The minimum atomic E-state index is 0.0728. The Balaban J connectivity index is 2.37. The van der Waals surface area contributed by atoms with E-state index in [4.69, 9.17) is 10.8 Å². The van der Waals surface area contributed by atoms with Crippen molar-refractivity contribution in [3.05, 3.63) is 0 Å². The van der Waals surface area contributed by atoms with E-state index < -0.39 is 0 Å². The van der Waals surface area contributed by atoms with Gasteiger partial charge < -0.3 is 15.7 Å². The number of carbonyl (C=O) groups excluding carboxylic acids is 1. The molecule has 1 aliphatic rings. The Morgan fingerprint density at radius 3 is 2.58 bits per heavy atom. The van der Waals surface area contributed by atoms with Crippen LogP contribution in [-0.2, 0) is 4.79 Å². The summed E-state index contributed by atoms with van der Waals surface area (Å²) in [6.45, 7) is 3.46. The van der Waals surface area contributed by atoms with Crippen LogP contribution in [0, 0.1) is 5.92 Å². The zero-order valence-corrected chi connectivity index (χ0v) is 12.3. The molecule has 1 saturated carbocycles. The number of aliphatic hydroxyl groups is 1. The van der Waals surface area contributed by atoms with Crippen LogP contribution in [0.5, 0.6) is 0 Å². The fraction of sp³-hybridized carbons (Fsp3) is 0.933. The molecule has 0 bridgehead atoms. The smallest absolute Gasteiger partial charge is 0.222 e. The third-order valence-electron chi connectivity index (χ3n) is 4.22. The summed E-state index contributed by atoms with van der Waals surface area (Å²) in [7, 11) is 0. The predicted octanol–water partition coefficient (Wildman–Crippen LogP) is 1.91. The zero-order chi connectivity index (χ0) is 14.1. The Bertz CT molecular complexity index is 249. The summed E-state index contributed by atoms with van der Waals surface area (Å²) < 4.78 is 0. The molecule has 4 heteroatoms. The van der Waals surface area contributed by atoms with Gasteiger partial charge in [0.25, 0.3) is 0 Å². The van der Waals surface area contributed by atoms with Gasteiger partial charge in [-0.05, 0) is 44.6 Å². The summed E-state index contributed by atoms with van der Waals surface area (Å²) in [6, 6.07) is 0.388. The van der Waals surface area contributed by atoms with E-state index >= 15 is 0 Å². The maximum atomic E-state index is 12.3. The van der Waals surface area contributed by atoms with Crippen LogP contribution in [0.2, 0.25) is 0 Å². The highest BCUT2D eigenvalue weighted by Gasteiger charge is 2.28. The second-order valence-corrected chi connectivity index (χ2v) is 5.67. The van der Waals surface area contributed by atoms with E-state index in [1.807, 2.05) is 4.90 Å². The van der Waals surface area contributed by atoms with Crippen LogP contribution in [0.25, 0.3) is 0 Å². The highest BCUT2D eigenvalue weighted by atomic mass is 16.3. The molecule has 0 aliphatic heterocycles. The number of carbonyl (C=O) groups is 1. The van der Waals surface area contributed by atoms with E-state index in [-0.39, 0.29) is 12.5 Å². The van der Waals surface area contributed by atoms with Crippen molar-refractivity contribution in [2.75, 3.05) is 19.7 Å². The van der Waals surface area contributed by atoms with Crippen LogP contribution in [0.3, 0.4) is 0 Å². The molecule has 4 nitrogen and oxygen atoms in total. The van der Waals surface area contributed by atoms with Gasteiger partial charge in [-0.25, -0.2) is 0 Å². The normalized spacial score (nSPS) is 17.0. The van der Waals surface area contributed by atoms with Gasteiger partial charge in [0, 0.05) is 19.0 Å². The fourth-order valence-electron chi connectivity index (χ4n) is 2.87. The number of hydrogen-bond acceptors (Lipinski definition) is 3. The van der Waals surface area contributed by atoms with Crippen LogP contribution in [0.15, 0.2) is 0 Å². The quantitative estimate of drug-likeness (QED) is 0.637. The first-order valence-electron chi connectivity index (χ1n) is 7.83. The summed E-state index contributed by atoms with van der Waals surface area (Å²) in [6.07, 6.45) is 8.31. The van der Waals surface area contributed by atoms with E-state index in [9.17, 15) is 4.79 Å². The summed E-state index contributed by atoms with van der Waals surface area (Å²) in [5, 5.41) is 9.09. The molecule has 0 aromatic heterocycles. The second kappa shape index (κ2) is 9.32. The minimum Gasteiger partial charge on any atom is -0.395 e. The van der Waals surface area contributed by atoms with Gasteiger partial charge in [0.2, 0.25) is 5.91 Å². The highest BCUT2D eigenvalue weighted by Crippen LogP contribution is 2.26. The Hall–Kier alpha value is -0.610. The van der Waals surface area contributed by atoms with Gasteiger partial charge in [-0.2, -0.15) is 0 Å². The lowest BCUT2D eigenvalue weighted by molar-refractivity contribution is -0.136. The maximum absolute atomic E-state index is 12.3. The predicted molar refractivity (Wildman–Crippen MR) is 77.7 cm³/mol. The number of nitrogens with zero attached hydrogens (tertiary/aromatic N) is 1. The standard InChI is InChI=1S/C15H30N2O2/c1-2-4-13(9-10-16)7-8-15(19)17(11-12-18)14-5-3-6-14/h13-14,18H,2-12,16H2,1H3. The lowest BCUT2D eigenvalue weighted by atomic mass is 9.90. The van der Waals surface area contributed by atoms with Crippen LogP contribution in [0.4, 0.5) is 0 Å². The van der Waals surface area contributed by atoms with Crippen LogP contribution < -0.4 is 5.73 Å². The van der Waals surface area contributed by atoms with E-state index in [0.717, 1.165) is 38.5 Å². The lowest BCUT2D eigenvalue weighted by Crippen LogP contribution is -2.45. The van der Waals surface area contributed by atoms with Crippen molar-refractivity contribution in [3.8, 4) is 0 Å². The van der Waals surface area contributed by atoms with Gasteiger partial charge >= 0.3 is 0 Å². The van der Waals surface area contributed by atoms with Crippen molar-refractivity contribution >= 4 is 5.91 Å². The fourth-order valence-corrected chi connectivity index (χ4v) is 2.87. The van der Waals surface area contributed by atoms with Gasteiger partial charge in [-0.1, -0.05) is 19.8 Å². The van der Waals surface area contributed by atoms with Crippen molar-refractivity contribution in [2.45, 2.75) is 64.3 Å². The van der Waals surface area contributed by atoms with Crippen LogP contribution in [-0.4, -0.2) is 41.7 Å². The van der Waals surface area contributed by atoms with Crippen molar-refractivity contribution in [3.63, 3.8) is 0 Å². The van der Waals surface area contributed by atoms with E-state index in [1.54, 1.807) is 0 Å². The molecule has 112 valence electrons. The first kappa shape index (κ1) is 16.4. The molecule has 1 fully saturated rings. The summed E-state index contributed by atoms with van der Waals surface area (Å²) in [5.74, 6) is 0.799. The first-order chi connectivity index (χ1) is 9.22. The molecule has 19 heavy (non-hydrogen) atoms. The molecule has 1 rings (SSSR count). The average molecular weight is 270 g/mol. The number of hydrogen-bond donors (Lipinski definition) is 2. The zero-order valence-electron chi connectivity index (χ0n) is 12.3.